The van der Waals surface area contributed by atoms with Crippen LogP contribution in [-0.2, 0) is 0 Å². The molecule has 0 aliphatic carbocycles. The summed E-state index contributed by atoms with van der Waals surface area (Å²) in [5, 5.41) is 23.4. The van der Waals surface area contributed by atoms with Crippen LogP contribution in [0.3, 0.4) is 0 Å². The largest absolute Gasteiger partial charge is 0.309 e. The van der Waals surface area contributed by atoms with Gasteiger partial charge in [-0.25, -0.2) is 0 Å². The Bertz CT molecular complexity index is 1440. The second-order valence-electron chi connectivity index (χ2n) is 6.49. The SMILES string of the molecule is N#Cc1ccc(-n2c3ccccc3c3ccc4ccccc4c32)cc1C#N. The minimum absolute atomic E-state index is 0.390. The molecule has 0 saturated heterocycles. The molecule has 27 heavy (non-hydrogen) atoms. The third kappa shape index (κ3) is 2.13. The van der Waals surface area contributed by atoms with Gasteiger partial charge in [-0.2, -0.15) is 10.5 Å². The van der Waals surface area contributed by atoms with E-state index in [-0.39, 0.29) is 0 Å². The van der Waals surface area contributed by atoms with Gasteiger partial charge in [0.05, 0.1) is 22.2 Å². The minimum Gasteiger partial charge on any atom is -0.309 e. The first-order valence-corrected chi connectivity index (χ1v) is 8.67. The zero-order chi connectivity index (χ0) is 18.4. The van der Waals surface area contributed by atoms with Gasteiger partial charge in [-0.1, -0.05) is 54.6 Å². The molecular weight excluding hydrogens is 330 g/mol. The maximum atomic E-state index is 9.46. The zero-order valence-corrected chi connectivity index (χ0v) is 14.3. The molecule has 0 N–H and O–H groups in total. The van der Waals surface area contributed by atoms with Crippen molar-refractivity contribution >= 4 is 32.6 Å². The number of benzene rings is 4. The highest BCUT2D eigenvalue weighted by atomic mass is 15.0. The van der Waals surface area contributed by atoms with E-state index in [0.717, 1.165) is 22.1 Å². The van der Waals surface area contributed by atoms with Crippen LogP contribution in [0, 0.1) is 22.7 Å². The maximum Gasteiger partial charge on any atom is 0.101 e. The summed E-state index contributed by atoms with van der Waals surface area (Å²) in [6.45, 7) is 0. The molecule has 0 aliphatic rings. The smallest absolute Gasteiger partial charge is 0.101 e. The Balaban J connectivity index is 2.01. The van der Waals surface area contributed by atoms with E-state index in [1.54, 1.807) is 12.1 Å². The van der Waals surface area contributed by atoms with Crippen LogP contribution in [0.5, 0.6) is 0 Å². The lowest BCUT2D eigenvalue weighted by atomic mass is 10.1. The fourth-order valence-electron chi connectivity index (χ4n) is 3.86. The topological polar surface area (TPSA) is 52.5 Å². The van der Waals surface area contributed by atoms with E-state index in [2.05, 4.69) is 53.1 Å². The van der Waals surface area contributed by atoms with Crippen LogP contribution < -0.4 is 0 Å². The summed E-state index contributed by atoms with van der Waals surface area (Å²) in [6, 6.07) is 30.6. The molecule has 4 aromatic carbocycles. The Kier molecular flexibility index (Phi) is 3.22. The van der Waals surface area contributed by atoms with Gasteiger partial charge in [0, 0.05) is 21.8 Å². The lowest BCUT2D eigenvalue weighted by Crippen LogP contribution is -1.96. The summed E-state index contributed by atoms with van der Waals surface area (Å²) >= 11 is 0. The number of aromatic nitrogens is 1. The summed E-state index contributed by atoms with van der Waals surface area (Å²) in [5.74, 6) is 0. The summed E-state index contributed by atoms with van der Waals surface area (Å²) in [5.41, 5.74) is 3.86. The van der Waals surface area contributed by atoms with Crippen molar-refractivity contribution in [2.75, 3.05) is 0 Å². The van der Waals surface area contributed by atoms with Crippen LogP contribution in [0.4, 0.5) is 0 Å². The Morgan fingerprint density at radius 3 is 2.19 bits per heavy atom. The van der Waals surface area contributed by atoms with Crippen LogP contribution in [-0.4, -0.2) is 4.57 Å². The van der Waals surface area contributed by atoms with Crippen molar-refractivity contribution in [2.24, 2.45) is 0 Å². The molecule has 0 radical (unpaired) electrons. The lowest BCUT2D eigenvalue weighted by Gasteiger charge is -2.10. The Hall–Kier alpha value is -4.08. The molecule has 0 amide bonds. The quantitative estimate of drug-likeness (QED) is 0.393. The van der Waals surface area contributed by atoms with Crippen LogP contribution in [0.15, 0.2) is 78.9 Å². The highest BCUT2D eigenvalue weighted by molar-refractivity contribution is 6.18. The summed E-state index contributed by atoms with van der Waals surface area (Å²) in [7, 11) is 0. The molecule has 1 aromatic heterocycles. The number of rotatable bonds is 1. The number of para-hydroxylation sites is 1. The van der Waals surface area contributed by atoms with Crippen molar-refractivity contribution in [3.63, 3.8) is 0 Å². The molecule has 0 unspecified atom stereocenters. The summed E-state index contributed by atoms with van der Waals surface area (Å²) in [4.78, 5) is 0. The van der Waals surface area contributed by atoms with Crippen LogP contribution in [0.25, 0.3) is 38.3 Å². The Morgan fingerprint density at radius 2 is 1.37 bits per heavy atom. The molecule has 0 fully saturated rings. The van der Waals surface area contributed by atoms with Gasteiger partial charge in [0.1, 0.15) is 12.1 Å². The number of hydrogen-bond donors (Lipinski definition) is 0. The van der Waals surface area contributed by atoms with Gasteiger partial charge in [0.25, 0.3) is 0 Å². The number of hydrogen-bond acceptors (Lipinski definition) is 2. The van der Waals surface area contributed by atoms with Crippen molar-refractivity contribution in [3.8, 4) is 17.8 Å². The van der Waals surface area contributed by atoms with E-state index in [1.807, 2.05) is 30.3 Å². The van der Waals surface area contributed by atoms with Crippen LogP contribution in [0.2, 0.25) is 0 Å². The number of fused-ring (bicyclic) bond motifs is 5. The van der Waals surface area contributed by atoms with Crippen LogP contribution >= 0.6 is 0 Å². The average Bonchev–Trinajstić information content (AvgIpc) is 3.08. The second-order valence-corrected chi connectivity index (χ2v) is 6.49. The van der Waals surface area contributed by atoms with Gasteiger partial charge in [-0.15, -0.1) is 0 Å². The van der Waals surface area contributed by atoms with Crippen molar-refractivity contribution < 1.29 is 0 Å². The summed E-state index contributed by atoms with van der Waals surface area (Å²) in [6.07, 6.45) is 0. The first-order chi connectivity index (χ1) is 13.3. The molecule has 3 nitrogen and oxygen atoms in total. The number of nitriles is 2. The van der Waals surface area contributed by atoms with Gasteiger partial charge in [-0.3, -0.25) is 0 Å². The van der Waals surface area contributed by atoms with E-state index in [0.29, 0.717) is 11.1 Å². The molecule has 0 aliphatic heterocycles. The number of nitrogens with zero attached hydrogens (tertiary/aromatic N) is 3. The molecule has 0 bridgehead atoms. The van der Waals surface area contributed by atoms with E-state index < -0.39 is 0 Å². The molecule has 1 heterocycles. The third-order valence-corrected chi connectivity index (χ3v) is 5.06. The van der Waals surface area contributed by atoms with Gasteiger partial charge in [0.2, 0.25) is 0 Å². The van der Waals surface area contributed by atoms with Gasteiger partial charge >= 0.3 is 0 Å². The van der Waals surface area contributed by atoms with Gasteiger partial charge < -0.3 is 4.57 Å². The van der Waals surface area contributed by atoms with Crippen molar-refractivity contribution in [1.82, 2.24) is 4.57 Å². The predicted octanol–water partition coefficient (Wildman–Crippen LogP) is 5.68. The molecule has 0 saturated carbocycles. The Morgan fingerprint density at radius 1 is 0.630 bits per heavy atom. The Labute approximate surface area is 155 Å². The molecule has 0 spiro atoms. The molecule has 0 atom stereocenters. The second kappa shape index (κ2) is 5.73. The van der Waals surface area contributed by atoms with Crippen molar-refractivity contribution in [2.45, 2.75) is 0 Å². The van der Waals surface area contributed by atoms with Crippen molar-refractivity contribution in [3.05, 3.63) is 90.0 Å². The fraction of sp³-hybridized carbons (Fsp3) is 0. The average molecular weight is 343 g/mol. The highest BCUT2D eigenvalue weighted by Crippen LogP contribution is 2.36. The monoisotopic (exact) mass is 343 g/mol. The third-order valence-electron chi connectivity index (χ3n) is 5.06. The predicted molar refractivity (Wildman–Crippen MR) is 108 cm³/mol. The van der Waals surface area contributed by atoms with Gasteiger partial charge in [-0.05, 0) is 29.7 Å². The van der Waals surface area contributed by atoms with Crippen molar-refractivity contribution in [1.29, 1.82) is 10.5 Å². The lowest BCUT2D eigenvalue weighted by molar-refractivity contribution is 1.18. The standard InChI is InChI=1S/C24H13N3/c25-14-17-9-11-19(13-18(17)15-26)27-23-8-4-3-7-21(23)22-12-10-16-5-1-2-6-20(16)24(22)27/h1-13H. The zero-order valence-electron chi connectivity index (χ0n) is 14.3. The van der Waals surface area contributed by atoms with Gasteiger partial charge in [0.15, 0.2) is 0 Å². The fourth-order valence-corrected chi connectivity index (χ4v) is 3.86. The van der Waals surface area contributed by atoms with E-state index in [1.165, 1.54) is 16.2 Å². The maximum absolute atomic E-state index is 9.46. The normalized spacial score (nSPS) is 10.9. The summed E-state index contributed by atoms with van der Waals surface area (Å²) < 4.78 is 2.19. The van der Waals surface area contributed by atoms with E-state index >= 15 is 0 Å². The molecule has 3 heteroatoms. The molecule has 124 valence electrons. The molecule has 5 aromatic rings. The first kappa shape index (κ1) is 15.2. The van der Waals surface area contributed by atoms with E-state index in [9.17, 15) is 10.5 Å². The highest BCUT2D eigenvalue weighted by Gasteiger charge is 2.15. The minimum atomic E-state index is 0.390. The first-order valence-electron chi connectivity index (χ1n) is 8.67. The molecular formula is C24H13N3. The van der Waals surface area contributed by atoms with E-state index in [4.69, 9.17) is 0 Å². The molecule has 5 rings (SSSR count). The van der Waals surface area contributed by atoms with Crippen LogP contribution in [0.1, 0.15) is 11.1 Å².